The van der Waals surface area contributed by atoms with Crippen molar-refractivity contribution in [3.8, 4) is 6.07 Å². The van der Waals surface area contributed by atoms with E-state index in [1.165, 1.54) is 25.2 Å². The molecule has 0 radical (unpaired) electrons. The number of halogens is 1. The Labute approximate surface area is 106 Å². The number of nitrogens with zero attached hydrogens (tertiary/aromatic N) is 2. The molecular weight excluding hydrogens is 257 g/mol. The Hall–Kier alpha value is -1.49. The minimum Gasteiger partial charge on any atom is -0.207 e. The average molecular weight is 271 g/mol. The average Bonchev–Trinajstić information content (AvgIpc) is 2.35. The van der Waals surface area contributed by atoms with Crippen molar-refractivity contribution in [1.82, 2.24) is 9.03 Å². The normalized spacial score (nSPS) is 11.4. The highest BCUT2D eigenvalue weighted by Gasteiger charge is 2.17. The van der Waals surface area contributed by atoms with E-state index in [9.17, 15) is 12.8 Å². The number of rotatable bonds is 6. The lowest BCUT2D eigenvalue weighted by atomic mass is 10.2. The lowest BCUT2D eigenvalue weighted by Gasteiger charge is -2.16. The van der Waals surface area contributed by atoms with Crippen LogP contribution < -0.4 is 4.72 Å². The van der Waals surface area contributed by atoms with Gasteiger partial charge >= 0.3 is 0 Å². The summed E-state index contributed by atoms with van der Waals surface area (Å²) >= 11 is 0. The van der Waals surface area contributed by atoms with Crippen LogP contribution in [0.1, 0.15) is 12.0 Å². The second kappa shape index (κ2) is 6.44. The number of hydrogen-bond donors (Lipinski definition) is 1. The molecule has 0 saturated carbocycles. The van der Waals surface area contributed by atoms with Crippen molar-refractivity contribution in [1.29, 1.82) is 5.26 Å². The van der Waals surface area contributed by atoms with Gasteiger partial charge in [0.05, 0.1) is 6.07 Å². The van der Waals surface area contributed by atoms with Gasteiger partial charge < -0.3 is 0 Å². The highest BCUT2D eigenvalue weighted by molar-refractivity contribution is 7.87. The fourth-order valence-electron chi connectivity index (χ4n) is 1.25. The predicted octanol–water partition coefficient (Wildman–Crippen LogP) is 1.01. The number of benzene rings is 1. The van der Waals surface area contributed by atoms with Crippen LogP contribution in [0.25, 0.3) is 0 Å². The van der Waals surface area contributed by atoms with Crippen molar-refractivity contribution in [2.75, 3.05) is 13.6 Å². The van der Waals surface area contributed by atoms with Gasteiger partial charge in [0.15, 0.2) is 0 Å². The molecule has 7 heteroatoms. The Morgan fingerprint density at radius 1 is 1.44 bits per heavy atom. The lowest BCUT2D eigenvalue weighted by Crippen LogP contribution is -2.38. The molecule has 0 spiro atoms. The number of nitrogens with one attached hydrogen (secondary N) is 1. The standard InChI is InChI=1S/C11H14FN3O2S/c1-15(8-4-7-13)18(16,17)14-9-10-5-2-3-6-11(10)12/h2-3,5-6,14H,4,8-9H2,1H3. The van der Waals surface area contributed by atoms with Crippen molar-refractivity contribution < 1.29 is 12.8 Å². The molecule has 0 atom stereocenters. The van der Waals surface area contributed by atoms with Crippen molar-refractivity contribution >= 4 is 10.2 Å². The molecule has 0 aliphatic heterocycles. The molecule has 1 N–H and O–H groups in total. The summed E-state index contributed by atoms with van der Waals surface area (Å²) in [6.45, 7) is -0.0188. The van der Waals surface area contributed by atoms with Gasteiger partial charge in [-0.05, 0) is 6.07 Å². The Morgan fingerprint density at radius 2 is 2.11 bits per heavy atom. The zero-order valence-corrected chi connectivity index (χ0v) is 10.7. The molecule has 18 heavy (non-hydrogen) atoms. The monoisotopic (exact) mass is 271 g/mol. The molecule has 0 bridgehead atoms. The minimum atomic E-state index is -3.68. The van der Waals surface area contributed by atoms with Crippen molar-refractivity contribution in [3.63, 3.8) is 0 Å². The Kier molecular flexibility index (Phi) is 5.22. The van der Waals surface area contributed by atoms with Crippen LogP contribution in [-0.2, 0) is 16.8 Å². The molecule has 0 aliphatic carbocycles. The molecule has 0 amide bonds. The van der Waals surface area contributed by atoms with Crippen molar-refractivity contribution in [3.05, 3.63) is 35.6 Å². The smallest absolute Gasteiger partial charge is 0.207 e. The molecule has 0 fully saturated rings. The summed E-state index contributed by atoms with van der Waals surface area (Å²) in [6.07, 6.45) is 0.108. The first-order valence-electron chi connectivity index (χ1n) is 5.28. The maximum Gasteiger partial charge on any atom is 0.279 e. The molecule has 0 heterocycles. The van der Waals surface area contributed by atoms with E-state index in [0.29, 0.717) is 0 Å². The topological polar surface area (TPSA) is 73.2 Å². The summed E-state index contributed by atoms with van der Waals surface area (Å²) in [6, 6.07) is 7.80. The third-order valence-corrected chi connectivity index (χ3v) is 3.86. The first kappa shape index (κ1) is 14.6. The molecule has 0 aromatic heterocycles. The minimum absolute atomic E-state index is 0.100. The first-order chi connectivity index (χ1) is 8.47. The Bertz CT molecular complexity index is 539. The van der Waals surface area contributed by atoms with Gasteiger partial charge in [-0.15, -0.1) is 0 Å². The molecule has 1 rings (SSSR count). The van der Waals surface area contributed by atoms with E-state index in [1.807, 2.05) is 6.07 Å². The summed E-state index contributed by atoms with van der Waals surface area (Å²) in [4.78, 5) is 0. The zero-order valence-electron chi connectivity index (χ0n) is 9.93. The summed E-state index contributed by atoms with van der Waals surface area (Å²) in [7, 11) is -2.32. The van der Waals surface area contributed by atoms with Crippen LogP contribution in [0.15, 0.2) is 24.3 Å². The van der Waals surface area contributed by atoms with Gasteiger partial charge in [0.1, 0.15) is 5.82 Å². The molecule has 1 aromatic carbocycles. The van der Waals surface area contributed by atoms with Gasteiger partial charge in [0.25, 0.3) is 10.2 Å². The largest absolute Gasteiger partial charge is 0.279 e. The van der Waals surface area contributed by atoms with E-state index in [0.717, 1.165) is 4.31 Å². The van der Waals surface area contributed by atoms with Crippen LogP contribution in [0, 0.1) is 17.1 Å². The molecule has 5 nitrogen and oxygen atoms in total. The van der Waals surface area contributed by atoms with E-state index in [-0.39, 0.29) is 25.1 Å². The van der Waals surface area contributed by atoms with Crippen LogP contribution in [0.3, 0.4) is 0 Å². The third kappa shape index (κ3) is 4.07. The summed E-state index contributed by atoms with van der Waals surface area (Å²) in [5.74, 6) is -0.458. The second-order valence-electron chi connectivity index (χ2n) is 3.65. The quantitative estimate of drug-likeness (QED) is 0.839. The van der Waals surface area contributed by atoms with Crippen molar-refractivity contribution in [2.24, 2.45) is 0 Å². The highest BCUT2D eigenvalue weighted by atomic mass is 32.2. The van der Waals surface area contributed by atoms with E-state index >= 15 is 0 Å². The SMILES string of the molecule is CN(CCC#N)S(=O)(=O)NCc1ccccc1F. The van der Waals surface area contributed by atoms with E-state index in [4.69, 9.17) is 5.26 Å². The molecule has 0 aliphatic rings. The van der Waals surface area contributed by atoms with Crippen LogP contribution in [0.2, 0.25) is 0 Å². The summed E-state index contributed by atoms with van der Waals surface area (Å²) in [5.41, 5.74) is 0.273. The maximum absolute atomic E-state index is 13.3. The van der Waals surface area contributed by atoms with Gasteiger partial charge in [-0.1, -0.05) is 18.2 Å². The zero-order chi connectivity index (χ0) is 13.6. The van der Waals surface area contributed by atoms with Gasteiger partial charge in [0, 0.05) is 32.1 Å². The van der Waals surface area contributed by atoms with Gasteiger partial charge in [0.2, 0.25) is 0 Å². The van der Waals surface area contributed by atoms with Crippen LogP contribution >= 0.6 is 0 Å². The van der Waals surface area contributed by atoms with Gasteiger partial charge in [-0.3, -0.25) is 0 Å². The summed E-state index contributed by atoms with van der Waals surface area (Å²) in [5, 5.41) is 8.38. The van der Waals surface area contributed by atoms with Gasteiger partial charge in [-0.25, -0.2) is 4.39 Å². The van der Waals surface area contributed by atoms with Crippen LogP contribution in [-0.4, -0.2) is 26.3 Å². The van der Waals surface area contributed by atoms with Crippen molar-refractivity contribution in [2.45, 2.75) is 13.0 Å². The first-order valence-corrected chi connectivity index (χ1v) is 6.72. The Balaban J connectivity index is 2.63. The molecule has 0 saturated heterocycles. The lowest BCUT2D eigenvalue weighted by molar-refractivity contribution is 0.463. The maximum atomic E-state index is 13.3. The second-order valence-corrected chi connectivity index (χ2v) is 5.51. The van der Waals surface area contributed by atoms with E-state index < -0.39 is 16.0 Å². The van der Waals surface area contributed by atoms with Crippen LogP contribution in [0.5, 0.6) is 0 Å². The summed E-state index contributed by atoms with van der Waals surface area (Å²) < 4.78 is 40.0. The molecule has 0 unspecified atom stereocenters. The fourth-order valence-corrected chi connectivity index (χ4v) is 2.14. The Morgan fingerprint density at radius 3 is 2.72 bits per heavy atom. The number of nitriles is 1. The molecule has 98 valence electrons. The molecular formula is C11H14FN3O2S. The van der Waals surface area contributed by atoms with E-state index in [1.54, 1.807) is 6.07 Å². The van der Waals surface area contributed by atoms with E-state index in [2.05, 4.69) is 4.72 Å². The molecule has 1 aromatic rings. The van der Waals surface area contributed by atoms with Gasteiger partial charge in [-0.2, -0.15) is 22.7 Å². The van der Waals surface area contributed by atoms with Crippen LogP contribution in [0.4, 0.5) is 4.39 Å². The fraction of sp³-hybridized carbons (Fsp3) is 0.364. The third-order valence-electron chi connectivity index (χ3n) is 2.35. The number of hydrogen-bond acceptors (Lipinski definition) is 3. The highest BCUT2D eigenvalue weighted by Crippen LogP contribution is 2.06. The predicted molar refractivity (Wildman–Crippen MR) is 65.0 cm³/mol.